The van der Waals surface area contributed by atoms with E-state index in [-0.39, 0.29) is 0 Å². The molecule has 1 saturated carbocycles. The van der Waals surface area contributed by atoms with Crippen molar-refractivity contribution in [3.8, 4) is 5.75 Å². The van der Waals surface area contributed by atoms with Gasteiger partial charge in [-0.15, -0.1) is 0 Å². The normalized spacial score (nSPS) is 24.9. The smallest absolute Gasteiger partial charge is 0.119 e. The van der Waals surface area contributed by atoms with Gasteiger partial charge in [0, 0.05) is 42.1 Å². The molecule has 2 aromatic rings. The number of halogens is 1. The van der Waals surface area contributed by atoms with E-state index in [1.807, 2.05) is 12.1 Å². The van der Waals surface area contributed by atoms with Gasteiger partial charge >= 0.3 is 0 Å². The van der Waals surface area contributed by atoms with Gasteiger partial charge in [-0.05, 0) is 54.8 Å². The second-order valence-corrected chi connectivity index (χ2v) is 8.66. The summed E-state index contributed by atoms with van der Waals surface area (Å²) in [5.74, 6) is 1.57. The fraction of sp³-hybridized carbons (Fsp3) is 0.455. The summed E-state index contributed by atoms with van der Waals surface area (Å²) >= 11 is 3.50. The zero-order valence-corrected chi connectivity index (χ0v) is 17.2. The summed E-state index contributed by atoms with van der Waals surface area (Å²) in [6, 6.07) is 17.8. The van der Waals surface area contributed by atoms with Crippen LogP contribution in [0.3, 0.4) is 0 Å². The van der Waals surface area contributed by atoms with Crippen molar-refractivity contribution in [1.82, 2.24) is 10.2 Å². The van der Waals surface area contributed by atoms with E-state index in [0.29, 0.717) is 24.6 Å². The van der Waals surface area contributed by atoms with Crippen molar-refractivity contribution in [3.05, 3.63) is 64.1 Å². The predicted octanol–water partition coefficient (Wildman–Crippen LogP) is 3.51. The molecule has 0 spiro atoms. The molecule has 27 heavy (non-hydrogen) atoms. The molecular formula is C22H28BrN3O. The van der Waals surface area contributed by atoms with Gasteiger partial charge in [0.15, 0.2) is 0 Å². The van der Waals surface area contributed by atoms with Crippen molar-refractivity contribution in [1.29, 1.82) is 0 Å². The van der Waals surface area contributed by atoms with Crippen LogP contribution < -0.4 is 15.8 Å². The quantitative estimate of drug-likeness (QED) is 0.673. The number of nitrogens with two attached hydrogens (primary N) is 1. The van der Waals surface area contributed by atoms with Crippen LogP contribution in [-0.2, 0) is 6.61 Å². The molecule has 5 heteroatoms. The van der Waals surface area contributed by atoms with E-state index in [2.05, 4.69) is 62.5 Å². The van der Waals surface area contributed by atoms with E-state index in [1.54, 1.807) is 0 Å². The van der Waals surface area contributed by atoms with E-state index < -0.39 is 0 Å². The average Bonchev–Trinajstić information content (AvgIpc) is 3.32. The summed E-state index contributed by atoms with van der Waals surface area (Å²) in [7, 11) is 0. The molecule has 3 atom stereocenters. The van der Waals surface area contributed by atoms with Crippen molar-refractivity contribution in [2.24, 2.45) is 5.73 Å². The first-order valence-corrected chi connectivity index (χ1v) is 10.7. The second-order valence-electron chi connectivity index (χ2n) is 7.74. The lowest BCUT2D eigenvalue weighted by atomic mass is 10.1. The van der Waals surface area contributed by atoms with Gasteiger partial charge in [-0.1, -0.05) is 40.2 Å². The largest absolute Gasteiger partial charge is 0.489 e. The minimum Gasteiger partial charge on any atom is -0.489 e. The lowest BCUT2D eigenvalue weighted by molar-refractivity contribution is 0.306. The Hall–Kier alpha value is -1.40. The monoisotopic (exact) mass is 429 g/mol. The van der Waals surface area contributed by atoms with Crippen molar-refractivity contribution in [3.63, 3.8) is 0 Å². The summed E-state index contributed by atoms with van der Waals surface area (Å²) in [6.45, 7) is 4.96. The number of nitrogens with zero attached hydrogens (tertiary/aromatic N) is 1. The Kier molecular flexibility index (Phi) is 6.13. The van der Waals surface area contributed by atoms with Gasteiger partial charge in [0.1, 0.15) is 12.4 Å². The summed E-state index contributed by atoms with van der Waals surface area (Å²) in [4.78, 5) is 2.46. The van der Waals surface area contributed by atoms with Crippen LogP contribution in [0.1, 0.15) is 29.9 Å². The molecule has 2 aromatic carbocycles. The maximum atomic E-state index is 5.97. The molecule has 4 nitrogen and oxygen atoms in total. The Morgan fingerprint density at radius 3 is 2.78 bits per heavy atom. The standard InChI is InChI=1S/C22H28BrN3O/c23-18-3-1-2-16(12-18)15-27-20-6-4-17(5-7-20)21-13-22(21)25-9-11-26-10-8-19(24)14-26/h1-7,12,19,21-22,25H,8-11,13-15,24H2/t19-,21?,22+/m1/s1. The third kappa shape index (κ3) is 5.32. The number of likely N-dealkylation sites (tertiary alicyclic amines) is 1. The van der Waals surface area contributed by atoms with Crippen LogP contribution >= 0.6 is 15.9 Å². The highest BCUT2D eigenvalue weighted by atomic mass is 79.9. The molecule has 1 aliphatic carbocycles. The van der Waals surface area contributed by atoms with Crippen LogP contribution in [0.25, 0.3) is 0 Å². The molecule has 3 N–H and O–H groups in total. The van der Waals surface area contributed by atoms with Crippen LogP contribution in [-0.4, -0.2) is 43.2 Å². The zero-order valence-electron chi connectivity index (χ0n) is 15.6. The molecule has 1 unspecified atom stereocenters. The summed E-state index contributed by atoms with van der Waals surface area (Å²) in [6.07, 6.45) is 2.37. The van der Waals surface area contributed by atoms with Gasteiger partial charge in [-0.2, -0.15) is 0 Å². The van der Waals surface area contributed by atoms with Gasteiger partial charge in [0.2, 0.25) is 0 Å². The number of hydrogen-bond acceptors (Lipinski definition) is 4. The minimum absolute atomic E-state index is 0.378. The van der Waals surface area contributed by atoms with Crippen molar-refractivity contribution in [2.45, 2.75) is 37.5 Å². The molecule has 0 aromatic heterocycles. The first-order valence-electron chi connectivity index (χ1n) is 9.86. The van der Waals surface area contributed by atoms with E-state index in [4.69, 9.17) is 10.5 Å². The Balaban J connectivity index is 1.19. The lowest BCUT2D eigenvalue weighted by Crippen LogP contribution is -2.33. The lowest BCUT2D eigenvalue weighted by Gasteiger charge is -2.15. The molecule has 0 amide bonds. The third-order valence-electron chi connectivity index (χ3n) is 5.54. The Morgan fingerprint density at radius 1 is 1.19 bits per heavy atom. The highest BCUT2D eigenvalue weighted by molar-refractivity contribution is 9.10. The molecular weight excluding hydrogens is 402 g/mol. The second kappa shape index (κ2) is 8.74. The highest BCUT2D eigenvalue weighted by Gasteiger charge is 2.37. The number of ether oxygens (including phenoxy) is 1. The van der Waals surface area contributed by atoms with E-state index in [9.17, 15) is 0 Å². The molecule has 0 bridgehead atoms. The van der Waals surface area contributed by atoms with Crippen molar-refractivity contribution in [2.75, 3.05) is 26.2 Å². The SMILES string of the molecule is N[C@@H]1CCN(CCN[C@H]2CC2c2ccc(OCc3cccc(Br)c3)cc2)C1. The van der Waals surface area contributed by atoms with E-state index >= 15 is 0 Å². The average molecular weight is 430 g/mol. The topological polar surface area (TPSA) is 50.5 Å². The molecule has 144 valence electrons. The van der Waals surface area contributed by atoms with Crippen LogP contribution in [0.5, 0.6) is 5.75 Å². The molecule has 1 heterocycles. The van der Waals surface area contributed by atoms with Gasteiger partial charge in [-0.3, -0.25) is 0 Å². The van der Waals surface area contributed by atoms with Crippen LogP contribution in [0.15, 0.2) is 53.0 Å². The predicted molar refractivity (Wildman–Crippen MR) is 113 cm³/mol. The van der Waals surface area contributed by atoms with Gasteiger partial charge in [-0.25, -0.2) is 0 Å². The zero-order chi connectivity index (χ0) is 18.6. The van der Waals surface area contributed by atoms with E-state index in [1.165, 1.54) is 17.5 Å². The number of benzene rings is 2. The first kappa shape index (κ1) is 18.9. The van der Waals surface area contributed by atoms with Crippen molar-refractivity contribution < 1.29 is 4.74 Å². The van der Waals surface area contributed by atoms with E-state index in [0.717, 1.165) is 42.8 Å². The fourth-order valence-corrected chi connectivity index (χ4v) is 4.31. The first-order chi connectivity index (χ1) is 13.2. The summed E-state index contributed by atoms with van der Waals surface area (Å²) in [5, 5.41) is 3.70. The number of hydrogen-bond donors (Lipinski definition) is 2. The van der Waals surface area contributed by atoms with Crippen molar-refractivity contribution >= 4 is 15.9 Å². The molecule has 2 fully saturated rings. The molecule has 2 aliphatic rings. The van der Waals surface area contributed by atoms with Crippen LogP contribution in [0.4, 0.5) is 0 Å². The maximum Gasteiger partial charge on any atom is 0.119 e. The number of rotatable bonds is 8. The Bertz CT molecular complexity index is 751. The van der Waals surface area contributed by atoms with Gasteiger partial charge < -0.3 is 20.7 Å². The Morgan fingerprint density at radius 2 is 2.04 bits per heavy atom. The minimum atomic E-state index is 0.378. The summed E-state index contributed by atoms with van der Waals surface area (Å²) < 4.78 is 6.99. The maximum absolute atomic E-state index is 5.97. The summed E-state index contributed by atoms with van der Waals surface area (Å²) in [5.41, 5.74) is 8.54. The van der Waals surface area contributed by atoms with Crippen LogP contribution in [0, 0.1) is 0 Å². The highest BCUT2D eigenvalue weighted by Crippen LogP contribution is 2.41. The van der Waals surface area contributed by atoms with Gasteiger partial charge in [0.25, 0.3) is 0 Å². The molecule has 1 saturated heterocycles. The van der Waals surface area contributed by atoms with Gasteiger partial charge in [0.05, 0.1) is 0 Å². The molecule has 4 rings (SSSR count). The third-order valence-corrected chi connectivity index (χ3v) is 6.03. The molecule has 1 aliphatic heterocycles. The Labute approximate surface area is 170 Å². The molecule has 0 radical (unpaired) electrons. The number of nitrogens with one attached hydrogen (secondary N) is 1. The fourth-order valence-electron chi connectivity index (χ4n) is 3.87. The van der Waals surface area contributed by atoms with Crippen LogP contribution in [0.2, 0.25) is 0 Å².